The van der Waals surface area contributed by atoms with Crippen molar-refractivity contribution in [2.45, 2.75) is 59.0 Å². The Morgan fingerprint density at radius 2 is 2.24 bits per heavy atom. The lowest BCUT2D eigenvalue weighted by molar-refractivity contribution is 0.222. The van der Waals surface area contributed by atoms with Gasteiger partial charge in [0, 0.05) is 12.5 Å². The molecule has 3 heteroatoms. The molecule has 0 spiro atoms. The SMILES string of the molecule is CCc1cnc(CNC2CCC(C)CC2C)o1. The fourth-order valence-corrected chi connectivity index (χ4v) is 2.78. The molecular weight excluding hydrogens is 212 g/mol. The van der Waals surface area contributed by atoms with Crippen LogP contribution in [0.15, 0.2) is 10.6 Å². The Hall–Kier alpha value is -0.830. The topological polar surface area (TPSA) is 38.1 Å². The molecular formula is C14H24N2O. The van der Waals surface area contributed by atoms with Gasteiger partial charge < -0.3 is 9.73 Å². The van der Waals surface area contributed by atoms with Gasteiger partial charge in [-0.2, -0.15) is 0 Å². The molecule has 0 radical (unpaired) electrons. The van der Waals surface area contributed by atoms with Crippen molar-refractivity contribution < 1.29 is 4.42 Å². The van der Waals surface area contributed by atoms with Crippen LogP contribution in [0, 0.1) is 11.8 Å². The van der Waals surface area contributed by atoms with Gasteiger partial charge in [0.05, 0.1) is 12.7 Å². The molecule has 0 amide bonds. The van der Waals surface area contributed by atoms with Gasteiger partial charge in [-0.05, 0) is 31.1 Å². The molecule has 0 aromatic carbocycles. The summed E-state index contributed by atoms with van der Waals surface area (Å²) in [7, 11) is 0. The Kier molecular flexibility index (Phi) is 4.21. The van der Waals surface area contributed by atoms with E-state index >= 15 is 0 Å². The first-order valence-corrected chi connectivity index (χ1v) is 6.86. The van der Waals surface area contributed by atoms with Gasteiger partial charge in [-0.25, -0.2) is 4.98 Å². The third-order valence-electron chi connectivity index (χ3n) is 3.90. The fourth-order valence-electron chi connectivity index (χ4n) is 2.78. The first-order chi connectivity index (χ1) is 8.19. The molecule has 0 aliphatic heterocycles. The van der Waals surface area contributed by atoms with Crippen LogP contribution >= 0.6 is 0 Å². The van der Waals surface area contributed by atoms with E-state index in [-0.39, 0.29) is 0 Å². The summed E-state index contributed by atoms with van der Waals surface area (Å²) in [6, 6.07) is 0.628. The first kappa shape index (κ1) is 12.6. The molecule has 1 aromatic heterocycles. The highest BCUT2D eigenvalue weighted by Crippen LogP contribution is 2.28. The number of aryl methyl sites for hydroxylation is 1. The average molecular weight is 236 g/mol. The third-order valence-corrected chi connectivity index (χ3v) is 3.90. The van der Waals surface area contributed by atoms with Gasteiger partial charge in [0.1, 0.15) is 5.76 Å². The van der Waals surface area contributed by atoms with Crippen molar-refractivity contribution in [3.05, 3.63) is 17.8 Å². The zero-order chi connectivity index (χ0) is 12.3. The molecule has 1 fully saturated rings. The van der Waals surface area contributed by atoms with Gasteiger partial charge in [-0.1, -0.05) is 20.8 Å². The van der Waals surface area contributed by atoms with Crippen molar-refractivity contribution in [2.75, 3.05) is 0 Å². The standard InChI is InChI=1S/C14H24N2O/c1-4-12-8-16-14(17-12)9-15-13-6-5-10(2)7-11(13)3/h8,10-11,13,15H,4-7,9H2,1-3H3. The largest absolute Gasteiger partial charge is 0.444 e. The molecule has 1 aliphatic rings. The lowest BCUT2D eigenvalue weighted by Crippen LogP contribution is -2.38. The molecule has 3 unspecified atom stereocenters. The van der Waals surface area contributed by atoms with E-state index in [2.05, 4.69) is 31.1 Å². The van der Waals surface area contributed by atoms with Crippen molar-refractivity contribution in [1.29, 1.82) is 0 Å². The van der Waals surface area contributed by atoms with Crippen molar-refractivity contribution in [3.63, 3.8) is 0 Å². The molecule has 1 aliphatic carbocycles. The summed E-state index contributed by atoms with van der Waals surface area (Å²) in [4.78, 5) is 4.28. The maximum Gasteiger partial charge on any atom is 0.208 e. The molecule has 3 atom stereocenters. The molecule has 1 saturated carbocycles. The number of oxazole rings is 1. The van der Waals surface area contributed by atoms with E-state index < -0.39 is 0 Å². The molecule has 2 rings (SSSR count). The lowest BCUT2D eigenvalue weighted by atomic mass is 9.80. The van der Waals surface area contributed by atoms with Crippen LogP contribution in [0.25, 0.3) is 0 Å². The van der Waals surface area contributed by atoms with Crippen LogP contribution in [0.5, 0.6) is 0 Å². The molecule has 0 saturated heterocycles. The maximum atomic E-state index is 5.61. The molecule has 1 N–H and O–H groups in total. The van der Waals surface area contributed by atoms with Crippen LogP contribution < -0.4 is 5.32 Å². The van der Waals surface area contributed by atoms with Crippen molar-refractivity contribution in [3.8, 4) is 0 Å². The van der Waals surface area contributed by atoms with Gasteiger partial charge in [-0.3, -0.25) is 0 Å². The fraction of sp³-hybridized carbons (Fsp3) is 0.786. The smallest absolute Gasteiger partial charge is 0.208 e. The van der Waals surface area contributed by atoms with Crippen LogP contribution in [0.3, 0.4) is 0 Å². The highest BCUT2D eigenvalue weighted by Gasteiger charge is 2.24. The Morgan fingerprint density at radius 1 is 1.41 bits per heavy atom. The average Bonchev–Trinajstić information content (AvgIpc) is 2.76. The summed E-state index contributed by atoms with van der Waals surface area (Å²) >= 11 is 0. The number of rotatable bonds is 4. The number of nitrogens with zero attached hydrogens (tertiary/aromatic N) is 1. The molecule has 17 heavy (non-hydrogen) atoms. The number of hydrogen-bond acceptors (Lipinski definition) is 3. The Morgan fingerprint density at radius 3 is 2.88 bits per heavy atom. The van der Waals surface area contributed by atoms with Gasteiger partial charge in [0.2, 0.25) is 5.89 Å². The van der Waals surface area contributed by atoms with Crippen molar-refractivity contribution >= 4 is 0 Å². The third kappa shape index (κ3) is 3.32. The van der Waals surface area contributed by atoms with E-state index in [1.165, 1.54) is 19.3 Å². The van der Waals surface area contributed by atoms with E-state index in [1.807, 2.05) is 6.20 Å². The summed E-state index contributed by atoms with van der Waals surface area (Å²) < 4.78 is 5.61. The second-order valence-electron chi connectivity index (χ2n) is 5.46. The summed E-state index contributed by atoms with van der Waals surface area (Å²) in [5.41, 5.74) is 0. The van der Waals surface area contributed by atoms with Crippen molar-refractivity contribution in [1.82, 2.24) is 10.3 Å². The molecule has 0 bridgehead atoms. The van der Waals surface area contributed by atoms with Crippen molar-refractivity contribution in [2.24, 2.45) is 11.8 Å². The summed E-state index contributed by atoms with van der Waals surface area (Å²) in [6.45, 7) is 7.56. The van der Waals surface area contributed by atoms with Gasteiger partial charge in [0.25, 0.3) is 0 Å². The van der Waals surface area contributed by atoms with E-state index in [4.69, 9.17) is 4.42 Å². The molecule has 3 nitrogen and oxygen atoms in total. The second-order valence-corrected chi connectivity index (χ2v) is 5.46. The summed E-state index contributed by atoms with van der Waals surface area (Å²) in [5.74, 6) is 3.45. The minimum atomic E-state index is 0.628. The number of aromatic nitrogens is 1. The van der Waals surface area contributed by atoms with E-state index in [1.54, 1.807) is 0 Å². The predicted molar refractivity (Wildman–Crippen MR) is 68.7 cm³/mol. The number of hydrogen-bond donors (Lipinski definition) is 1. The predicted octanol–water partition coefficient (Wildman–Crippen LogP) is 3.15. The van der Waals surface area contributed by atoms with Crippen LogP contribution in [-0.4, -0.2) is 11.0 Å². The summed E-state index contributed by atoms with van der Waals surface area (Å²) in [6.07, 6.45) is 6.72. The van der Waals surface area contributed by atoms with Crippen LogP contribution in [0.1, 0.15) is 51.7 Å². The van der Waals surface area contributed by atoms with Crippen LogP contribution in [0.4, 0.5) is 0 Å². The highest BCUT2D eigenvalue weighted by atomic mass is 16.4. The summed E-state index contributed by atoms with van der Waals surface area (Å²) in [5, 5.41) is 3.59. The van der Waals surface area contributed by atoms with Gasteiger partial charge in [0.15, 0.2) is 0 Å². The quantitative estimate of drug-likeness (QED) is 0.872. The van der Waals surface area contributed by atoms with Crippen LogP contribution in [-0.2, 0) is 13.0 Å². The monoisotopic (exact) mass is 236 g/mol. The van der Waals surface area contributed by atoms with E-state index in [0.29, 0.717) is 6.04 Å². The minimum Gasteiger partial charge on any atom is -0.444 e. The Labute approximate surface area is 104 Å². The van der Waals surface area contributed by atoms with E-state index in [9.17, 15) is 0 Å². The first-order valence-electron chi connectivity index (χ1n) is 6.86. The highest BCUT2D eigenvalue weighted by molar-refractivity contribution is 4.94. The van der Waals surface area contributed by atoms with Gasteiger partial charge >= 0.3 is 0 Å². The molecule has 1 aromatic rings. The molecule has 1 heterocycles. The van der Waals surface area contributed by atoms with Crippen LogP contribution in [0.2, 0.25) is 0 Å². The zero-order valence-corrected chi connectivity index (χ0v) is 11.2. The Bertz CT molecular complexity index is 348. The molecule has 96 valence electrons. The number of nitrogens with one attached hydrogen (secondary N) is 1. The van der Waals surface area contributed by atoms with E-state index in [0.717, 1.165) is 36.5 Å². The maximum absolute atomic E-state index is 5.61. The zero-order valence-electron chi connectivity index (χ0n) is 11.2. The Balaban J connectivity index is 1.81. The second kappa shape index (κ2) is 5.67. The minimum absolute atomic E-state index is 0.628. The van der Waals surface area contributed by atoms with Gasteiger partial charge in [-0.15, -0.1) is 0 Å². The normalized spacial score (nSPS) is 29.5. The lowest BCUT2D eigenvalue weighted by Gasteiger charge is -2.33.